The van der Waals surface area contributed by atoms with Gasteiger partial charge in [-0.2, -0.15) is 0 Å². The fourth-order valence-corrected chi connectivity index (χ4v) is 3.77. The van der Waals surface area contributed by atoms with Crippen molar-refractivity contribution in [3.05, 3.63) is 20.3 Å². The van der Waals surface area contributed by atoms with E-state index in [9.17, 15) is 5.11 Å². The average Bonchev–Trinajstić information content (AvgIpc) is 2.61. The first-order chi connectivity index (χ1) is 6.59. The predicted octanol–water partition coefficient (Wildman–Crippen LogP) is 2.09. The molecular weight excluding hydrogens is 262 g/mol. The van der Waals surface area contributed by atoms with Crippen molar-refractivity contribution in [1.82, 2.24) is 5.32 Å². The van der Waals surface area contributed by atoms with E-state index >= 15 is 0 Å². The van der Waals surface area contributed by atoms with Crippen molar-refractivity contribution in [3.63, 3.8) is 0 Å². The second-order valence-corrected chi connectivity index (χ2v) is 6.15. The summed E-state index contributed by atoms with van der Waals surface area (Å²) in [6.45, 7) is 3.74. The van der Waals surface area contributed by atoms with Crippen LogP contribution in [-0.2, 0) is 6.42 Å². The molecule has 1 aromatic heterocycles. The Kier molecular flexibility index (Phi) is 2.98. The number of halogens is 1. The maximum absolute atomic E-state index is 10.2. The van der Waals surface area contributed by atoms with E-state index in [1.54, 1.807) is 11.3 Å². The summed E-state index contributed by atoms with van der Waals surface area (Å²) in [4.78, 5) is 2.55. The van der Waals surface area contributed by atoms with Gasteiger partial charge in [-0.1, -0.05) is 0 Å². The van der Waals surface area contributed by atoms with Gasteiger partial charge in [0.05, 0.1) is 5.60 Å². The lowest BCUT2D eigenvalue weighted by atomic mass is 9.98. The minimum atomic E-state index is -0.528. The summed E-state index contributed by atoms with van der Waals surface area (Å²) in [6, 6.07) is 2.12. The van der Waals surface area contributed by atoms with Crippen molar-refractivity contribution in [2.75, 3.05) is 13.1 Å². The highest BCUT2D eigenvalue weighted by Crippen LogP contribution is 2.31. The topological polar surface area (TPSA) is 32.3 Å². The maximum atomic E-state index is 10.2. The smallest absolute Gasteiger partial charge is 0.0832 e. The highest BCUT2D eigenvalue weighted by Gasteiger charge is 2.32. The molecule has 0 saturated carbocycles. The number of hydrogen-bond acceptors (Lipinski definition) is 3. The summed E-state index contributed by atoms with van der Waals surface area (Å²) in [6.07, 6.45) is 1.62. The molecule has 1 aromatic rings. The number of hydrogen-bond donors (Lipinski definition) is 2. The van der Waals surface area contributed by atoms with Gasteiger partial charge in [0.15, 0.2) is 0 Å². The summed E-state index contributed by atoms with van der Waals surface area (Å²) in [5, 5.41) is 13.4. The second kappa shape index (κ2) is 3.93. The molecule has 78 valence electrons. The molecule has 0 bridgehead atoms. The predicted molar refractivity (Wildman–Crippen MR) is 62.9 cm³/mol. The standard InChI is InChI=1S/C10H14BrNOS/c1-7-4-8(11)9(14-7)5-10(13)2-3-12-6-10/h4,12-13H,2-3,5-6H2,1H3. The van der Waals surface area contributed by atoms with Gasteiger partial charge in [-0.05, 0) is 41.9 Å². The molecule has 4 heteroatoms. The van der Waals surface area contributed by atoms with E-state index in [2.05, 4.69) is 34.2 Å². The van der Waals surface area contributed by atoms with Crippen molar-refractivity contribution < 1.29 is 5.11 Å². The van der Waals surface area contributed by atoms with Gasteiger partial charge in [0.1, 0.15) is 0 Å². The van der Waals surface area contributed by atoms with E-state index in [0.29, 0.717) is 0 Å². The van der Waals surface area contributed by atoms with Crippen LogP contribution in [-0.4, -0.2) is 23.8 Å². The Morgan fingerprint density at radius 3 is 3.00 bits per heavy atom. The molecule has 0 aliphatic carbocycles. The van der Waals surface area contributed by atoms with E-state index in [4.69, 9.17) is 0 Å². The molecule has 1 fully saturated rings. The van der Waals surface area contributed by atoms with E-state index in [1.807, 2.05) is 0 Å². The number of rotatable bonds is 2. The third-order valence-electron chi connectivity index (χ3n) is 2.59. The van der Waals surface area contributed by atoms with E-state index < -0.39 is 5.60 Å². The summed E-state index contributed by atoms with van der Waals surface area (Å²) in [7, 11) is 0. The van der Waals surface area contributed by atoms with Crippen LogP contribution >= 0.6 is 27.3 Å². The van der Waals surface area contributed by atoms with E-state index in [-0.39, 0.29) is 0 Å². The van der Waals surface area contributed by atoms with Crippen LogP contribution in [0.2, 0.25) is 0 Å². The SMILES string of the molecule is Cc1cc(Br)c(CC2(O)CCNC2)s1. The molecule has 14 heavy (non-hydrogen) atoms. The van der Waals surface area contributed by atoms with Crippen LogP contribution in [0.25, 0.3) is 0 Å². The highest BCUT2D eigenvalue weighted by atomic mass is 79.9. The van der Waals surface area contributed by atoms with Crippen LogP contribution in [0, 0.1) is 6.92 Å². The zero-order chi connectivity index (χ0) is 10.2. The van der Waals surface area contributed by atoms with Gasteiger partial charge in [-0.15, -0.1) is 11.3 Å². The number of nitrogens with one attached hydrogen (secondary N) is 1. The van der Waals surface area contributed by atoms with Gasteiger partial charge in [0.25, 0.3) is 0 Å². The Labute approximate surface area is 96.5 Å². The summed E-state index contributed by atoms with van der Waals surface area (Å²) in [5.41, 5.74) is -0.528. The van der Waals surface area contributed by atoms with Crippen molar-refractivity contribution in [2.45, 2.75) is 25.4 Å². The molecule has 1 aliphatic heterocycles. The van der Waals surface area contributed by atoms with Crippen LogP contribution in [0.4, 0.5) is 0 Å². The van der Waals surface area contributed by atoms with E-state index in [1.165, 1.54) is 9.75 Å². The molecular formula is C10H14BrNOS. The minimum Gasteiger partial charge on any atom is -0.388 e. The molecule has 2 heterocycles. The highest BCUT2D eigenvalue weighted by molar-refractivity contribution is 9.10. The molecule has 1 aliphatic rings. The van der Waals surface area contributed by atoms with Crippen molar-refractivity contribution in [1.29, 1.82) is 0 Å². The third-order valence-corrected chi connectivity index (χ3v) is 4.61. The normalized spacial score (nSPS) is 27.1. The van der Waals surface area contributed by atoms with E-state index in [0.717, 1.165) is 30.4 Å². The number of β-amino-alcohol motifs (C(OH)–C–C–N with tert-alkyl or cyclic N) is 1. The van der Waals surface area contributed by atoms with Gasteiger partial charge in [0.2, 0.25) is 0 Å². The Bertz CT molecular complexity index is 331. The molecule has 0 spiro atoms. The van der Waals surface area contributed by atoms with Crippen LogP contribution in [0.3, 0.4) is 0 Å². The zero-order valence-electron chi connectivity index (χ0n) is 8.14. The zero-order valence-corrected chi connectivity index (χ0v) is 10.5. The van der Waals surface area contributed by atoms with Gasteiger partial charge in [0, 0.05) is 27.2 Å². The van der Waals surface area contributed by atoms with Crippen molar-refractivity contribution in [2.24, 2.45) is 0 Å². The van der Waals surface area contributed by atoms with Gasteiger partial charge >= 0.3 is 0 Å². The lowest BCUT2D eigenvalue weighted by molar-refractivity contribution is 0.0626. The molecule has 1 unspecified atom stereocenters. The molecule has 2 rings (SSSR count). The first-order valence-electron chi connectivity index (χ1n) is 4.77. The van der Waals surface area contributed by atoms with Crippen LogP contribution in [0.15, 0.2) is 10.5 Å². The average molecular weight is 276 g/mol. The van der Waals surface area contributed by atoms with Gasteiger partial charge < -0.3 is 10.4 Å². The van der Waals surface area contributed by atoms with Gasteiger partial charge in [-0.3, -0.25) is 0 Å². The minimum absolute atomic E-state index is 0.528. The second-order valence-electron chi connectivity index (χ2n) is 3.96. The summed E-state index contributed by atoms with van der Waals surface area (Å²) < 4.78 is 1.14. The van der Waals surface area contributed by atoms with Gasteiger partial charge in [-0.25, -0.2) is 0 Å². The lowest BCUT2D eigenvalue weighted by Gasteiger charge is -2.20. The Balaban J connectivity index is 2.13. The molecule has 0 amide bonds. The molecule has 2 nitrogen and oxygen atoms in total. The third kappa shape index (κ3) is 2.19. The molecule has 1 saturated heterocycles. The van der Waals surface area contributed by atoms with Crippen molar-refractivity contribution >= 4 is 27.3 Å². The monoisotopic (exact) mass is 275 g/mol. The Hall–Kier alpha value is 0.1000. The Morgan fingerprint density at radius 2 is 2.50 bits per heavy atom. The largest absolute Gasteiger partial charge is 0.388 e. The number of thiophene rings is 1. The van der Waals surface area contributed by atoms with Crippen LogP contribution in [0.1, 0.15) is 16.2 Å². The van der Waals surface area contributed by atoms with Crippen LogP contribution < -0.4 is 5.32 Å². The maximum Gasteiger partial charge on any atom is 0.0832 e. The quantitative estimate of drug-likeness (QED) is 0.867. The van der Waals surface area contributed by atoms with Crippen LogP contribution in [0.5, 0.6) is 0 Å². The molecule has 1 atom stereocenters. The Morgan fingerprint density at radius 1 is 1.71 bits per heavy atom. The first-order valence-corrected chi connectivity index (χ1v) is 6.38. The molecule has 2 N–H and O–H groups in total. The first kappa shape index (κ1) is 10.6. The number of aliphatic hydroxyl groups is 1. The van der Waals surface area contributed by atoms with Crippen molar-refractivity contribution in [3.8, 4) is 0 Å². The fourth-order valence-electron chi connectivity index (χ4n) is 1.83. The lowest BCUT2D eigenvalue weighted by Crippen LogP contribution is -2.33. The number of aryl methyl sites for hydroxylation is 1. The summed E-state index contributed by atoms with van der Waals surface area (Å²) in [5.74, 6) is 0. The molecule has 0 radical (unpaired) electrons. The fraction of sp³-hybridized carbons (Fsp3) is 0.600. The summed E-state index contributed by atoms with van der Waals surface area (Å²) >= 11 is 5.29. The molecule has 0 aromatic carbocycles.